The van der Waals surface area contributed by atoms with E-state index in [1.54, 1.807) is 64.8 Å². The van der Waals surface area contributed by atoms with Crippen LogP contribution in [0.15, 0.2) is 36.4 Å². The predicted octanol–water partition coefficient (Wildman–Crippen LogP) is 3.59. The summed E-state index contributed by atoms with van der Waals surface area (Å²) in [5, 5.41) is 9.42. The topological polar surface area (TPSA) is 116 Å². The number of carbonyl (C=O) groups is 1. The van der Waals surface area contributed by atoms with Gasteiger partial charge in [0.15, 0.2) is 0 Å². The highest BCUT2D eigenvalue weighted by Gasteiger charge is 2.21. The summed E-state index contributed by atoms with van der Waals surface area (Å²) in [7, 11) is 6.21. The Hall–Kier alpha value is -3.81. The highest BCUT2D eigenvalue weighted by Crippen LogP contribution is 2.42. The van der Waals surface area contributed by atoms with E-state index in [1.165, 1.54) is 0 Å². The summed E-state index contributed by atoms with van der Waals surface area (Å²) in [6.45, 7) is 0. The molecule has 0 amide bonds. The maximum atomic E-state index is 11.5. The molecule has 30 heavy (non-hydrogen) atoms. The lowest BCUT2D eigenvalue weighted by Crippen LogP contribution is -2.02. The van der Waals surface area contributed by atoms with Gasteiger partial charge in [-0.3, -0.25) is 4.79 Å². The maximum Gasteiger partial charge on any atom is 0.309 e. The highest BCUT2D eigenvalue weighted by molar-refractivity contribution is 5.92. The van der Waals surface area contributed by atoms with Gasteiger partial charge in [0, 0.05) is 29.0 Å². The third-order valence-electron chi connectivity index (χ3n) is 4.72. The fourth-order valence-corrected chi connectivity index (χ4v) is 3.31. The van der Waals surface area contributed by atoms with Crippen LogP contribution in [0.4, 0.5) is 5.69 Å². The van der Waals surface area contributed by atoms with Crippen molar-refractivity contribution in [3.8, 4) is 45.4 Å². The Kier molecular flexibility index (Phi) is 6.06. The quantitative estimate of drug-likeness (QED) is 0.518. The molecule has 0 aliphatic carbocycles. The van der Waals surface area contributed by atoms with E-state index in [-0.39, 0.29) is 6.42 Å². The smallest absolute Gasteiger partial charge is 0.309 e. The number of rotatable bonds is 8. The molecule has 158 valence electrons. The Morgan fingerprint density at radius 2 is 1.27 bits per heavy atom. The monoisotopic (exact) mass is 412 g/mol. The first-order valence-corrected chi connectivity index (χ1v) is 9.09. The number of carboxylic acid groups (broad SMARTS) is 1. The maximum absolute atomic E-state index is 11.5. The normalized spacial score (nSPS) is 10.5. The first-order valence-electron chi connectivity index (χ1n) is 9.09. The largest absolute Gasteiger partial charge is 0.497 e. The number of hydrogen-bond acceptors (Lipinski definition) is 6. The van der Waals surface area contributed by atoms with E-state index in [0.717, 1.165) is 0 Å². The van der Waals surface area contributed by atoms with Crippen LogP contribution in [0.3, 0.4) is 0 Å². The molecule has 1 heterocycles. The number of hydrogen-bond donors (Lipinski definition) is 3. The van der Waals surface area contributed by atoms with Crippen LogP contribution in [0.25, 0.3) is 22.4 Å². The van der Waals surface area contributed by atoms with Crippen molar-refractivity contribution in [3.63, 3.8) is 0 Å². The molecule has 4 N–H and O–H groups in total. The van der Waals surface area contributed by atoms with Crippen molar-refractivity contribution in [3.05, 3.63) is 42.1 Å². The SMILES string of the molecule is COc1cc(OC)cc(-c2[nH]c(CC(=O)O)c(-c3cc(OC)cc(OC)c3)c2N)c1. The number of benzene rings is 2. The standard InChI is InChI=1S/C22H24N2O6/c1-27-14-5-12(6-15(9-14)28-2)20-18(11-19(25)26)24-22(21(20)23)13-7-16(29-3)10-17(8-13)30-4/h5-10,24H,11,23H2,1-4H3,(H,25,26). The van der Waals surface area contributed by atoms with E-state index < -0.39 is 5.97 Å². The minimum atomic E-state index is -0.984. The third kappa shape index (κ3) is 4.12. The average Bonchev–Trinajstić information content (AvgIpc) is 3.07. The van der Waals surface area contributed by atoms with Crippen LogP contribution in [0.5, 0.6) is 23.0 Å². The van der Waals surface area contributed by atoms with Crippen molar-refractivity contribution >= 4 is 11.7 Å². The zero-order chi connectivity index (χ0) is 21.8. The lowest BCUT2D eigenvalue weighted by Gasteiger charge is -2.10. The number of carboxylic acids is 1. The molecule has 0 bridgehead atoms. The molecule has 0 atom stereocenters. The van der Waals surface area contributed by atoms with Gasteiger partial charge >= 0.3 is 5.97 Å². The van der Waals surface area contributed by atoms with E-state index >= 15 is 0 Å². The molecule has 0 spiro atoms. The summed E-state index contributed by atoms with van der Waals surface area (Å²) in [5.74, 6) is 1.32. The van der Waals surface area contributed by atoms with E-state index in [9.17, 15) is 9.90 Å². The summed E-state index contributed by atoms with van der Waals surface area (Å²) in [6.07, 6.45) is -0.236. The first-order chi connectivity index (χ1) is 14.4. The van der Waals surface area contributed by atoms with Gasteiger partial charge in [-0.15, -0.1) is 0 Å². The van der Waals surface area contributed by atoms with Gasteiger partial charge in [0.1, 0.15) is 23.0 Å². The molecule has 0 saturated carbocycles. The fraction of sp³-hybridized carbons (Fsp3) is 0.227. The summed E-state index contributed by atoms with van der Waals surface area (Å²) < 4.78 is 21.4. The van der Waals surface area contributed by atoms with Gasteiger partial charge in [-0.05, 0) is 29.8 Å². The van der Waals surface area contributed by atoms with Gasteiger partial charge in [-0.25, -0.2) is 0 Å². The number of nitrogens with one attached hydrogen (secondary N) is 1. The van der Waals surface area contributed by atoms with Crippen LogP contribution in [0, 0.1) is 0 Å². The van der Waals surface area contributed by atoms with Crippen molar-refractivity contribution < 1.29 is 28.8 Å². The number of ether oxygens (including phenoxy) is 4. The van der Waals surface area contributed by atoms with Crippen molar-refractivity contribution in [2.45, 2.75) is 6.42 Å². The predicted molar refractivity (Wildman–Crippen MR) is 114 cm³/mol. The summed E-state index contributed by atoms with van der Waals surface area (Å²) in [6, 6.07) is 10.6. The van der Waals surface area contributed by atoms with E-state index in [2.05, 4.69) is 4.98 Å². The van der Waals surface area contributed by atoms with Crippen LogP contribution in [0.2, 0.25) is 0 Å². The second-order valence-corrected chi connectivity index (χ2v) is 6.54. The van der Waals surface area contributed by atoms with Crippen LogP contribution >= 0.6 is 0 Å². The van der Waals surface area contributed by atoms with Crippen molar-refractivity contribution in [1.82, 2.24) is 4.98 Å². The van der Waals surface area contributed by atoms with Gasteiger partial charge in [-0.2, -0.15) is 0 Å². The highest BCUT2D eigenvalue weighted by atomic mass is 16.5. The number of aromatic amines is 1. The molecular formula is C22H24N2O6. The van der Waals surface area contributed by atoms with Crippen molar-refractivity contribution in [1.29, 1.82) is 0 Å². The number of methoxy groups -OCH3 is 4. The fourth-order valence-electron chi connectivity index (χ4n) is 3.31. The van der Waals surface area contributed by atoms with Gasteiger partial charge in [-0.1, -0.05) is 0 Å². The van der Waals surface area contributed by atoms with Crippen LogP contribution in [0.1, 0.15) is 5.69 Å². The van der Waals surface area contributed by atoms with Gasteiger partial charge in [0.2, 0.25) is 0 Å². The van der Waals surface area contributed by atoms with Crippen LogP contribution in [-0.4, -0.2) is 44.5 Å². The number of H-pyrrole nitrogens is 1. The van der Waals surface area contributed by atoms with E-state index in [1.807, 2.05) is 0 Å². The van der Waals surface area contributed by atoms with Gasteiger partial charge < -0.3 is 34.8 Å². The number of anilines is 1. The van der Waals surface area contributed by atoms with Crippen LogP contribution < -0.4 is 24.7 Å². The molecule has 0 radical (unpaired) electrons. The Bertz CT molecular complexity index is 1030. The molecule has 0 saturated heterocycles. The molecular weight excluding hydrogens is 388 g/mol. The Morgan fingerprint density at radius 3 is 1.67 bits per heavy atom. The van der Waals surface area contributed by atoms with E-state index in [0.29, 0.717) is 56.8 Å². The van der Waals surface area contributed by atoms with E-state index in [4.69, 9.17) is 24.7 Å². The average molecular weight is 412 g/mol. The first kappa shape index (κ1) is 20.9. The van der Waals surface area contributed by atoms with Crippen molar-refractivity contribution in [2.24, 2.45) is 0 Å². The molecule has 0 unspecified atom stereocenters. The summed E-state index contributed by atoms with van der Waals surface area (Å²) in [4.78, 5) is 14.7. The Morgan fingerprint density at radius 1 is 0.833 bits per heavy atom. The molecule has 3 aromatic rings. The Balaban J connectivity index is 2.25. The summed E-state index contributed by atoms with van der Waals surface area (Å²) >= 11 is 0. The van der Waals surface area contributed by atoms with Crippen molar-refractivity contribution in [2.75, 3.05) is 34.2 Å². The number of aromatic nitrogens is 1. The minimum Gasteiger partial charge on any atom is -0.497 e. The molecule has 1 aromatic heterocycles. The second-order valence-electron chi connectivity index (χ2n) is 6.54. The third-order valence-corrected chi connectivity index (χ3v) is 4.72. The van der Waals surface area contributed by atoms with Gasteiger partial charge in [0.25, 0.3) is 0 Å². The molecule has 8 nitrogen and oxygen atoms in total. The Labute approximate surface area is 174 Å². The van der Waals surface area contributed by atoms with Crippen LogP contribution in [-0.2, 0) is 11.2 Å². The summed E-state index contributed by atoms with van der Waals surface area (Å²) in [5.41, 5.74) is 9.92. The van der Waals surface area contributed by atoms with Gasteiger partial charge in [0.05, 0.1) is 46.2 Å². The molecule has 0 fully saturated rings. The zero-order valence-corrected chi connectivity index (χ0v) is 17.2. The minimum absolute atomic E-state index is 0.236. The molecule has 3 rings (SSSR count). The lowest BCUT2D eigenvalue weighted by molar-refractivity contribution is -0.136. The number of aliphatic carboxylic acids is 1. The number of nitrogen functional groups attached to an aromatic ring is 1. The molecule has 2 aromatic carbocycles. The zero-order valence-electron chi connectivity index (χ0n) is 17.2. The second kappa shape index (κ2) is 8.69. The molecule has 0 aliphatic rings. The molecule has 8 heteroatoms. The number of nitrogens with two attached hydrogens (primary N) is 1. The molecule has 0 aliphatic heterocycles. The lowest BCUT2D eigenvalue weighted by atomic mass is 10.0.